The summed E-state index contributed by atoms with van der Waals surface area (Å²) in [4.78, 5) is 45.7. The number of amides is 1. The lowest BCUT2D eigenvalue weighted by molar-refractivity contribution is -0.132. The number of rotatable bonds is 4. The first kappa shape index (κ1) is 17.9. The molecule has 0 saturated carbocycles. The van der Waals surface area contributed by atoms with E-state index in [-0.39, 0.29) is 18.0 Å². The lowest BCUT2D eigenvalue weighted by Gasteiger charge is -2.27. The molecule has 3 aromatic rings. The fraction of sp³-hybridized carbons (Fsp3) is 0.474. The molecule has 142 valence electrons. The maximum absolute atomic E-state index is 13.1. The van der Waals surface area contributed by atoms with E-state index in [9.17, 15) is 14.4 Å². The maximum Gasteiger partial charge on any atom is 0.332 e. The maximum atomic E-state index is 13.1. The SMILES string of the molecule is CCCn1c(=O)c2sc3ncccc3c2n(CC(=O)N2CCCCC2)c1=O. The predicted molar refractivity (Wildman–Crippen MR) is 106 cm³/mol. The molecule has 1 aliphatic heterocycles. The molecule has 1 fully saturated rings. The number of nitrogens with zero attached hydrogens (tertiary/aromatic N) is 4. The number of hydrogen-bond acceptors (Lipinski definition) is 5. The molecule has 1 aliphatic rings. The van der Waals surface area contributed by atoms with Crippen LogP contribution >= 0.6 is 11.3 Å². The van der Waals surface area contributed by atoms with Gasteiger partial charge in [0.15, 0.2) is 0 Å². The number of carbonyl (C=O) groups excluding carboxylic acids is 1. The highest BCUT2D eigenvalue weighted by Gasteiger charge is 2.22. The molecule has 7 nitrogen and oxygen atoms in total. The summed E-state index contributed by atoms with van der Waals surface area (Å²) in [5, 5.41) is 0.752. The van der Waals surface area contributed by atoms with Gasteiger partial charge in [-0.3, -0.25) is 18.7 Å². The third-order valence-corrected chi connectivity index (χ3v) is 6.15. The molecule has 0 bridgehead atoms. The first-order valence-electron chi connectivity index (χ1n) is 9.40. The van der Waals surface area contributed by atoms with Gasteiger partial charge < -0.3 is 4.90 Å². The van der Waals surface area contributed by atoms with Gasteiger partial charge >= 0.3 is 5.69 Å². The summed E-state index contributed by atoms with van der Waals surface area (Å²) in [6.07, 6.45) is 5.47. The third-order valence-electron chi connectivity index (χ3n) is 5.06. The molecule has 0 radical (unpaired) electrons. The van der Waals surface area contributed by atoms with Crippen LogP contribution < -0.4 is 11.2 Å². The third kappa shape index (κ3) is 3.07. The quantitative estimate of drug-likeness (QED) is 0.689. The molecular weight excluding hydrogens is 364 g/mol. The minimum Gasteiger partial charge on any atom is -0.341 e. The second-order valence-electron chi connectivity index (χ2n) is 6.90. The number of hydrogen-bond donors (Lipinski definition) is 0. The van der Waals surface area contributed by atoms with Gasteiger partial charge in [0.2, 0.25) is 5.91 Å². The fourth-order valence-corrected chi connectivity index (χ4v) is 4.83. The van der Waals surface area contributed by atoms with Gasteiger partial charge in [0, 0.05) is 31.2 Å². The number of fused-ring (bicyclic) bond motifs is 3. The highest BCUT2D eigenvalue weighted by Crippen LogP contribution is 2.29. The van der Waals surface area contributed by atoms with Crippen LogP contribution in [0.3, 0.4) is 0 Å². The van der Waals surface area contributed by atoms with E-state index in [2.05, 4.69) is 4.98 Å². The van der Waals surface area contributed by atoms with Crippen LogP contribution in [0.25, 0.3) is 20.4 Å². The lowest BCUT2D eigenvalue weighted by atomic mass is 10.1. The average Bonchev–Trinajstić information content (AvgIpc) is 3.09. The van der Waals surface area contributed by atoms with Gasteiger partial charge in [-0.1, -0.05) is 6.92 Å². The standard InChI is InChI=1S/C19H22N4O3S/c1-2-9-22-18(25)16-15(13-7-6-8-20-17(13)27-16)23(19(22)26)12-14(24)21-10-4-3-5-11-21/h6-8H,2-5,9-12H2,1H3. The number of pyridine rings is 1. The molecule has 8 heteroatoms. The van der Waals surface area contributed by atoms with Crippen molar-refractivity contribution in [2.45, 2.75) is 45.7 Å². The number of piperidine rings is 1. The molecule has 0 spiro atoms. The zero-order valence-corrected chi connectivity index (χ0v) is 16.1. The zero-order chi connectivity index (χ0) is 19.0. The van der Waals surface area contributed by atoms with E-state index in [0.29, 0.717) is 28.0 Å². The van der Waals surface area contributed by atoms with Gasteiger partial charge in [0.25, 0.3) is 5.56 Å². The lowest BCUT2D eigenvalue weighted by Crippen LogP contribution is -2.44. The van der Waals surface area contributed by atoms with Gasteiger partial charge in [0.05, 0.1) is 5.52 Å². The molecule has 27 heavy (non-hydrogen) atoms. The van der Waals surface area contributed by atoms with Crippen molar-refractivity contribution >= 4 is 37.7 Å². The molecule has 0 N–H and O–H groups in total. The van der Waals surface area contributed by atoms with Crippen molar-refractivity contribution in [3.8, 4) is 0 Å². The van der Waals surface area contributed by atoms with E-state index in [4.69, 9.17) is 0 Å². The van der Waals surface area contributed by atoms with Gasteiger partial charge in [-0.05, 0) is 37.8 Å². The van der Waals surface area contributed by atoms with Crippen LogP contribution in [0.5, 0.6) is 0 Å². The highest BCUT2D eigenvalue weighted by atomic mass is 32.1. The molecule has 1 amide bonds. The Morgan fingerprint density at radius 1 is 1.19 bits per heavy atom. The number of likely N-dealkylation sites (tertiary alicyclic amines) is 1. The van der Waals surface area contributed by atoms with Crippen LogP contribution in [0.4, 0.5) is 0 Å². The van der Waals surface area contributed by atoms with E-state index in [1.807, 2.05) is 17.9 Å². The molecule has 0 aliphatic carbocycles. The van der Waals surface area contributed by atoms with Gasteiger partial charge in [-0.25, -0.2) is 9.78 Å². The van der Waals surface area contributed by atoms with Crippen LogP contribution in [0.15, 0.2) is 27.9 Å². The van der Waals surface area contributed by atoms with Crippen LogP contribution in [0.2, 0.25) is 0 Å². The second kappa shape index (κ2) is 7.26. The minimum absolute atomic E-state index is 0.0416. The number of carbonyl (C=O) groups is 1. The van der Waals surface area contributed by atoms with Crippen LogP contribution in [0, 0.1) is 0 Å². The first-order valence-corrected chi connectivity index (χ1v) is 10.2. The summed E-state index contributed by atoms with van der Waals surface area (Å²) in [5.41, 5.74) is -0.166. The van der Waals surface area contributed by atoms with Gasteiger partial charge in [-0.2, -0.15) is 0 Å². The Kier molecular flexibility index (Phi) is 4.82. The topological polar surface area (TPSA) is 77.2 Å². The smallest absolute Gasteiger partial charge is 0.332 e. The zero-order valence-electron chi connectivity index (χ0n) is 15.3. The Bertz CT molecular complexity index is 1120. The molecule has 0 unspecified atom stereocenters. The second-order valence-corrected chi connectivity index (χ2v) is 7.90. The molecule has 1 saturated heterocycles. The fourth-order valence-electron chi connectivity index (χ4n) is 3.73. The largest absolute Gasteiger partial charge is 0.341 e. The van der Waals surface area contributed by atoms with Crippen molar-refractivity contribution in [3.05, 3.63) is 39.2 Å². The molecular formula is C19H22N4O3S. The van der Waals surface area contributed by atoms with Crippen molar-refractivity contribution in [2.24, 2.45) is 0 Å². The Labute approximate surface area is 159 Å². The summed E-state index contributed by atoms with van der Waals surface area (Å²) in [7, 11) is 0. The number of aromatic nitrogens is 3. The summed E-state index contributed by atoms with van der Waals surface area (Å²) in [6, 6.07) is 3.64. The molecule has 3 aromatic heterocycles. The normalized spacial score (nSPS) is 14.9. The Morgan fingerprint density at radius 2 is 1.96 bits per heavy atom. The monoisotopic (exact) mass is 386 g/mol. The minimum atomic E-state index is -0.414. The van der Waals surface area contributed by atoms with Crippen LogP contribution in [-0.2, 0) is 17.9 Å². The van der Waals surface area contributed by atoms with Crippen molar-refractivity contribution in [1.82, 2.24) is 19.0 Å². The summed E-state index contributed by atoms with van der Waals surface area (Å²) < 4.78 is 3.22. The van der Waals surface area contributed by atoms with Crippen molar-refractivity contribution < 1.29 is 4.79 Å². The summed E-state index contributed by atoms with van der Waals surface area (Å²) in [5.74, 6) is -0.0666. The van der Waals surface area contributed by atoms with E-state index < -0.39 is 5.69 Å². The molecule has 0 atom stereocenters. The van der Waals surface area contributed by atoms with Crippen molar-refractivity contribution in [2.75, 3.05) is 13.1 Å². The Balaban J connectivity index is 1.92. The summed E-state index contributed by atoms with van der Waals surface area (Å²) in [6.45, 7) is 3.69. The van der Waals surface area contributed by atoms with Crippen LogP contribution in [0.1, 0.15) is 32.6 Å². The summed E-state index contributed by atoms with van der Waals surface area (Å²) >= 11 is 1.28. The Morgan fingerprint density at radius 3 is 2.70 bits per heavy atom. The van der Waals surface area contributed by atoms with Gasteiger partial charge in [0.1, 0.15) is 16.1 Å². The van der Waals surface area contributed by atoms with Gasteiger partial charge in [-0.15, -0.1) is 11.3 Å². The first-order chi connectivity index (χ1) is 13.1. The number of thiophene rings is 1. The van der Waals surface area contributed by atoms with E-state index in [1.165, 1.54) is 20.5 Å². The van der Waals surface area contributed by atoms with Crippen molar-refractivity contribution in [1.29, 1.82) is 0 Å². The van der Waals surface area contributed by atoms with Crippen LogP contribution in [-0.4, -0.2) is 38.0 Å². The predicted octanol–water partition coefficient (Wildman–Crippen LogP) is 2.20. The van der Waals surface area contributed by atoms with E-state index in [0.717, 1.165) is 37.7 Å². The average molecular weight is 386 g/mol. The van der Waals surface area contributed by atoms with E-state index >= 15 is 0 Å². The molecule has 4 rings (SSSR count). The van der Waals surface area contributed by atoms with Crippen molar-refractivity contribution in [3.63, 3.8) is 0 Å². The molecule has 0 aromatic carbocycles. The van der Waals surface area contributed by atoms with E-state index in [1.54, 1.807) is 12.3 Å². The highest BCUT2D eigenvalue weighted by molar-refractivity contribution is 7.25. The Hall–Kier alpha value is -2.48. The molecule has 4 heterocycles.